The minimum atomic E-state index is -0.122. The zero-order chi connectivity index (χ0) is 17.7. The lowest BCUT2D eigenvalue weighted by atomic mass is 10.1. The number of carbonyl (C=O) groups excluding carboxylic acids is 1. The molecule has 2 aromatic rings. The third-order valence-electron chi connectivity index (χ3n) is 3.53. The molecule has 1 amide bonds. The topological polar surface area (TPSA) is 62.6 Å². The Kier molecular flexibility index (Phi) is 6.04. The van der Waals surface area contributed by atoms with Crippen molar-refractivity contribution in [3.05, 3.63) is 56.7 Å². The van der Waals surface area contributed by atoms with Gasteiger partial charge in [0.2, 0.25) is 0 Å². The molecule has 0 radical (unpaired) electrons. The van der Waals surface area contributed by atoms with E-state index in [4.69, 9.17) is 14.7 Å². The first-order chi connectivity index (χ1) is 11.5. The average molecular weight is 436 g/mol. The first-order valence-electron chi connectivity index (χ1n) is 7.16. The Morgan fingerprint density at radius 2 is 1.88 bits per heavy atom. The van der Waals surface area contributed by atoms with Crippen LogP contribution in [-0.2, 0) is 6.54 Å². The van der Waals surface area contributed by atoms with E-state index in [9.17, 15) is 4.79 Å². The molecular weight excluding hydrogens is 419 g/mol. The molecule has 0 unspecified atom stereocenters. The molecule has 2 aromatic carbocycles. The third kappa shape index (κ3) is 3.97. The monoisotopic (exact) mass is 436 g/mol. The van der Waals surface area contributed by atoms with Crippen LogP contribution in [0.15, 0.2) is 36.4 Å². The van der Waals surface area contributed by atoms with Gasteiger partial charge >= 0.3 is 0 Å². The van der Waals surface area contributed by atoms with E-state index in [1.165, 1.54) is 7.11 Å². The molecular formula is C18H17IN2O3. The van der Waals surface area contributed by atoms with Crippen LogP contribution in [0.2, 0.25) is 0 Å². The largest absolute Gasteiger partial charge is 0.493 e. The molecule has 124 valence electrons. The van der Waals surface area contributed by atoms with Crippen LogP contribution in [0.5, 0.6) is 11.5 Å². The molecule has 0 fully saturated rings. The van der Waals surface area contributed by atoms with Gasteiger partial charge in [0.15, 0.2) is 11.5 Å². The number of ether oxygens (including phenoxy) is 2. The highest BCUT2D eigenvalue weighted by Gasteiger charge is 2.19. The maximum Gasteiger partial charge on any atom is 0.255 e. The van der Waals surface area contributed by atoms with Crippen LogP contribution < -0.4 is 9.47 Å². The molecule has 0 aliphatic heterocycles. The number of rotatable bonds is 5. The highest BCUT2D eigenvalue weighted by molar-refractivity contribution is 14.1. The first-order valence-corrected chi connectivity index (χ1v) is 8.24. The van der Waals surface area contributed by atoms with Crippen molar-refractivity contribution in [1.82, 2.24) is 4.90 Å². The van der Waals surface area contributed by atoms with Crippen molar-refractivity contribution in [2.75, 3.05) is 21.3 Å². The highest BCUT2D eigenvalue weighted by Crippen LogP contribution is 2.32. The van der Waals surface area contributed by atoms with Crippen molar-refractivity contribution in [1.29, 1.82) is 5.26 Å². The summed E-state index contributed by atoms with van der Waals surface area (Å²) >= 11 is 2.11. The Morgan fingerprint density at radius 1 is 1.21 bits per heavy atom. The van der Waals surface area contributed by atoms with Gasteiger partial charge in [-0.3, -0.25) is 4.79 Å². The van der Waals surface area contributed by atoms with E-state index in [0.29, 0.717) is 29.2 Å². The Hall–Kier alpha value is -2.27. The van der Waals surface area contributed by atoms with Crippen LogP contribution in [-0.4, -0.2) is 32.1 Å². The first kappa shape index (κ1) is 18.1. The Balaban J connectivity index is 2.26. The van der Waals surface area contributed by atoms with Gasteiger partial charge in [-0.05, 0) is 52.4 Å². The maximum absolute atomic E-state index is 12.8. The van der Waals surface area contributed by atoms with Gasteiger partial charge in [0.05, 0.1) is 31.4 Å². The number of nitrogens with zero attached hydrogens (tertiary/aromatic N) is 2. The molecule has 24 heavy (non-hydrogen) atoms. The van der Waals surface area contributed by atoms with Gasteiger partial charge in [-0.15, -0.1) is 0 Å². The van der Waals surface area contributed by atoms with Gasteiger partial charge in [-0.2, -0.15) is 5.26 Å². The van der Waals surface area contributed by atoms with Crippen molar-refractivity contribution >= 4 is 28.5 Å². The van der Waals surface area contributed by atoms with Crippen LogP contribution in [0.25, 0.3) is 0 Å². The molecule has 0 spiro atoms. The second-order valence-corrected chi connectivity index (χ2v) is 6.32. The quantitative estimate of drug-likeness (QED) is 0.674. The van der Waals surface area contributed by atoms with E-state index in [-0.39, 0.29) is 5.91 Å². The summed E-state index contributed by atoms with van der Waals surface area (Å²) in [6, 6.07) is 12.8. The lowest BCUT2D eigenvalue weighted by Crippen LogP contribution is -2.27. The van der Waals surface area contributed by atoms with Crippen molar-refractivity contribution < 1.29 is 14.3 Å². The molecule has 0 aliphatic rings. The van der Waals surface area contributed by atoms with Crippen molar-refractivity contribution in [3.63, 3.8) is 0 Å². The normalized spacial score (nSPS) is 9.96. The highest BCUT2D eigenvalue weighted by atomic mass is 127. The van der Waals surface area contributed by atoms with E-state index >= 15 is 0 Å². The molecule has 0 N–H and O–H groups in total. The fourth-order valence-electron chi connectivity index (χ4n) is 2.31. The molecule has 0 bridgehead atoms. The number of halogens is 1. The molecule has 0 aromatic heterocycles. The summed E-state index contributed by atoms with van der Waals surface area (Å²) in [5, 5.41) is 8.97. The van der Waals surface area contributed by atoms with Gasteiger partial charge in [0.25, 0.3) is 5.91 Å². The summed E-state index contributed by atoms with van der Waals surface area (Å²) in [4.78, 5) is 14.4. The summed E-state index contributed by atoms with van der Waals surface area (Å²) in [5.74, 6) is 0.978. The van der Waals surface area contributed by atoms with Crippen LogP contribution in [0, 0.1) is 14.9 Å². The van der Waals surface area contributed by atoms with Crippen LogP contribution in [0.1, 0.15) is 21.5 Å². The molecule has 6 heteroatoms. The van der Waals surface area contributed by atoms with Crippen molar-refractivity contribution in [3.8, 4) is 17.6 Å². The molecule has 0 saturated carbocycles. The standard InChI is InChI=1S/C18H17IN2O3/c1-21(11-13-6-4-5-12(7-13)10-20)18(22)14-8-16(23-2)17(24-3)9-15(14)19/h4-9H,11H2,1-3H3. The SMILES string of the molecule is COc1cc(I)c(C(=O)N(C)Cc2cccc(C#N)c2)cc1OC. The predicted molar refractivity (Wildman–Crippen MR) is 99.2 cm³/mol. The molecule has 0 atom stereocenters. The zero-order valence-electron chi connectivity index (χ0n) is 13.7. The fraction of sp³-hybridized carbons (Fsp3) is 0.222. The van der Waals surface area contributed by atoms with Gasteiger partial charge < -0.3 is 14.4 Å². The summed E-state index contributed by atoms with van der Waals surface area (Å²) in [5.41, 5.74) is 2.03. The molecule has 2 rings (SSSR count). The number of amides is 1. The van der Waals surface area contributed by atoms with E-state index in [1.807, 2.05) is 12.1 Å². The van der Waals surface area contributed by atoms with Crippen LogP contribution >= 0.6 is 22.6 Å². The summed E-state index contributed by atoms with van der Waals surface area (Å²) in [6.45, 7) is 0.415. The van der Waals surface area contributed by atoms with Gasteiger partial charge in [-0.1, -0.05) is 12.1 Å². The predicted octanol–water partition coefficient (Wildman–Crippen LogP) is 3.45. The average Bonchev–Trinajstić information content (AvgIpc) is 2.60. The van der Waals surface area contributed by atoms with Crippen LogP contribution in [0.3, 0.4) is 0 Å². The number of nitriles is 1. The van der Waals surface area contributed by atoms with Crippen molar-refractivity contribution in [2.24, 2.45) is 0 Å². The summed E-state index contributed by atoms with van der Waals surface area (Å²) < 4.78 is 11.3. The Morgan fingerprint density at radius 3 is 2.50 bits per heavy atom. The summed E-state index contributed by atoms with van der Waals surface area (Å²) in [7, 11) is 4.83. The number of carbonyl (C=O) groups is 1. The Labute approximate surface area is 154 Å². The molecule has 5 nitrogen and oxygen atoms in total. The van der Waals surface area contributed by atoms with Gasteiger partial charge in [0, 0.05) is 17.2 Å². The van der Waals surface area contributed by atoms with Crippen LogP contribution in [0.4, 0.5) is 0 Å². The Bertz CT molecular complexity index is 799. The second kappa shape index (κ2) is 8.02. The fourth-order valence-corrected chi connectivity index (χ4v) is 2.98. The summed E-state index contributed by atoms with van der Waals surface area (Å²) in [6.07, 6.45) is 0. The number of methoxy groups -OCH3 is 2. The van der Waals surface area contributed by atoms with E-state index in [0.717, 1.165) is 9.13 Å². The maximum atomic E-state index is 12.8. The molecule has 0 aliphatic carbocycles. The number of hydrogen-bond donors (Lipinski definition) is 0. The second-order valence-electron chi connectivity index (χ2n) is 5.16. The van der Waals surface area contributed by atoms with Gasteiger partial charge in [-0.25, -0.2) is 0 Å². The minimum absolute atomic E-state index is 0.122. The number of hydrogen-bond acceptors (Lipinski definition) is 4. The van der Waals surface area contributed by atoms with E-state index in [1.54, 1.807) is 43.3 Å². The number of benzene rings is 2. The smallest absolute Gasteiger partial charge is 0.255 e. The molecule has 0 heterocycles. The van der Waals surface area contributed by atoms with E-state index in [2.05, 4.69) is 28.7 Å². The zero-order valence-corrected chi connectivity index (χ0v) is 15.8. The minimum Gasteiger partial charge on any atom is -0.493 e. The lowest BCUT2D eigenvalue weighted by molar-refractivity contribution is 0.0783. The van der Waals surface area contributed by atoms with Gasteiger partial charge in [0.1, 0.15) is 0 Å². The van der Waals surface area contributed by atoms with E-state index < -0.39 is 0 Å². The molecule has 0 saturated heterocycles. The lowest BCUT2D eigenvalue weighted by Gasteiger charge is -2.19. The third-order valence-corrected chi connectivity index (χ3v) is 4.42. The van der Waals surface area contributed by atoms with Crippen molar-refractivity contribution in [2.45, 2.75) is 6.54 Å².